The molecule has 0 aliphatic rings. The summed E-state index contributed by atoms with van der Waals surface area (Å²) in [6, 6.07) is 13.5. The monoisotopic (exact) mass is 500 g/mol. The van der Waals surface area contributed by atoms with Gasteiger partial charge >= 0.3 is 17.8 Å². The van der Waals surface area contributed by atoms with Crippen LogP contribution in [0.15, 0.2) is 72.9 Å². The topological polar surface area (TPSA) is 110 Å². The van der Waals surface area contributed by atoms with Crippen LogP contribution >= 0.6 is 0 Å². The first-order valence-corrected chi connectivity index (χ1v) is 10.3. The number of nitrogens with one attached hydrogen (secondary N) is 1. The molecule has 0 saturated carbocycles. The van der Waals surface area contributed by atoms with Crippen LogP contribution in [0.4, 0.5) is 28.9 Å². The average molecular weight is 500 g/mol. The number of aromatic carboxylic acids is 1. The van der Waals surface area contributed by atoms with Crippen molar-refractivity contribution in [1.82, 2.24) is 9.78 Å². The zero-order valence-electron chi connectivity index (χ0n) is 18.2. The van der Waals surface area contributed by atoms with Crippen LogP contribution in [0.5, 0.6) is 0 Å². The van der Waals surface area contributed by atoms with Gasteiger partial charge in [0, 0.05) is 35.6 Å². The largest absolute Gasteiger partial charge is 0.478 e. The van der Waals surface area contributed by atoms with Crippen molar-refractivity contribution in [3.63, 3.8) is 0 Å². The van der Waals surface area contributed by atoms with E-state index >= 15 is 0 Å². The molecule has 0 atom stereocenters. The number of halogens is 4. The molecule has 3 aromatic carbocycles. The molecule has 0 fully saturated rings. The van der Waals surface area contributed by atoms with Crippen LogP contribution in [0.25, 0.3) is 16.9 Å². The minimum atomic E-state index is -4.49. The van der Waals surface area contributed by atoms with Crippen molar-refractivity contribution in [2.75, 3.05) is 5.32 Å². The number of hydrogen-bond donors (Lipinski definition) is 2. The Balaban J connectivity index is 1.70. The normalized spacial score (nSPS) is 11.3. The van der Waals surface area contributed by atoms with Crippen molar-refractivity contribution in [3.05, 3.63) is 106 Å². The summed E-state index contributed by atoms with van der Waals surface area (Å²) in [7, 11) is 0. The van der Waals surface area contributed by atoms with Gasteiger partial charge in [0.2, 0.25) is 5.82 Å². The molecular formula is C24H16F4N4O4. The van der Waals surface area contributed by atoms with Crippen LogP contribution in [-0.2, 0) is 12.7 Å². The smallest absolute Gasteiger partial charge is 0.416 e. The fraction of sp³-hybridized carbons (Fsp3) is 0.0833. The maximum absolute atomic E-state index is 13.7. The van der Waals surface area contributed by atoms with Gasteiger partial charge in [0.05, 0.1) is 27.4 Å². The van der Waals surface area contributed by atoms with Gasteiger partial charge in [-0.1, -0.05) is 12.1 Å². The maximum Gasteiger partial charge on any atom is 0.416 e. The van der Waals surface area contributed by atoms with Crippen molar-refractivity contribution >= 4 is 17.3 Å². The van der Waals surface area contributed by atoms with E-state index in [9.17, 15) is 32.5 Å². The van der Waals surface area contributed by atoms with E-state index in [1.807, 2.05) is 0 Å². The molecule has 0 aliphatic carbocycles. The van der Waals surface area contributed by atoms with Crippen LogP contribution in [-0.4, -0.2) is 25.8 Å². The molecule has 1 aromatic heterocycles. The van der Waals surface area contributed by atoms with Crippen molar-refractivity contribution in [2.24, 2.45) is 0 Å². The van der Waals surface area contributed by atoms with E-state index in [0.29, 0.717) is 22.5 Å². The summed E-state index contributed by atoms with van der Waals surface area (Å²) in [5.74, 6) is -2.10. The Hall–Kier alpha value is -4.74. The van der Waals surface area contributed by atoms with E-state index in [4.69, 9.17) is 5.11 Å². The first-order chi connectivity index (χ1) is 17.0. The lowest BCUT2D eigenvalue weighted by Crippen LogP contribution is -2.05. The molecule has 4 rings (SSSR count). The number of alkyl halides is 3. The predicted molar refractivity (Wildman–Crippen MR) is 121 cm³/mol. The second kappa shape index (κ2) is 9.49. The summed E-state index contributed by atoms with van der Waals surface area (Å²) in [5, 5.41) is 27.6. The molecule has 36 heavy (non-hydrogen) atoms. The zero-order valence-corrected chi connectivity index (χ0v) is 18.2. The Morgan fingerprint density at radius 1 is 1.06 bits per heavy atom. The molecule has 0 spiro atoms. The molecule has 184 valence electrons. The Morgan fingerprint density at radius 2 is 1.72 bits per heavy atom. The molecule has 4 aromatic rings. The second-order valence-corrected chi connectivity index (χ2v) is 7.65. The molecular weight excluding hydrogens is 484 g/mol. The van der Waals surface area contributed by atoms with Crippen LogP contribution in [0.1, 0.15) is 21.5 Å². The summed E-state index contributed by atoms with van der Waals surface area (Å²) < 4.78 is 53.8. The average Bonchev–Trinajstić information content (AvgIpc) is 3.27. The van der Waals surface area contributed by atoms with Gasteiger partial charge in [-0.25, -0.2) is 9.48 Å². The fourth-order valence-electron chi connectivity index (χ4n) is 3.45. The summed E-state index contributed by atoms with van der Waals surface area (Å²) in [5.41, 5.74) is 0.618. The highest BCUT2D eigenvalue weighted by atomic mass is 19.4. The third-order valence-corrected chi connectivity index (χ3v) is 5.28. The van der Waals surface area contributed by atoms with E-state index in [0.717, 1.165) is 24.3 Å². The number of nitro groups is 1. The third kappa shape index (κ3) is 5.17. The molecule has 2 N–H and O–H groups in total. The predicted octanol–water partition coefficient (Wildman–Crippen LogP) is 5.92. The highest BCUT2D eigenvalue weighted by Crippen LogP contribution is 2.31. The fourth-order valence-corrected chi connectivity index (χ4v) is 3.45. The first kappa shape index (κ1) is 24.4. The van der Waals surface area contributed by atoms with E-state index in [2.05, 4.69) is 10.4 Å². The number of anilines is 1. The summed E-state index contributed by atoms with van der Waals surface area (Å²) >= 11 is 0. The SMILES string of the molecule is O=C(O)c1ccc(-c2nn(-c3ccc(C(F)(F)F)cc3)cc2CNc2ccc(F)c([N+](=O)[O-])c2)cc1. The van der Waals surface area contributed by atoms with Gasteiger partial charge in [-0.3, -0.25) is 10.1 Å². The van der Waals surface area contributed by atoms with Gasteiger partial charge in [0.15, 0.2) is 0 Å². The minimum absolute atomic E-state index is 0.0548. The van der Waals surface area contributed by atoms with Gasteiger partial charge < -0.3 is 10.4 Å². The van der Waals surface area contributed by atoms with E-state index in [1.165, 1.54) is 47.1 Å². The molecule has 8 nitrogen and oxygen atoms in total. The number of nitro benzene ring substituents is 1. The molecule has 0 aliphatic heterocycles. The molecule has 0 unspecified atom stereocenters. The van der Waals surface area contributed by atoms with Gasteiger partial charge in [-0.2, -0.15) is 22.7 Å². The molecule has 12 heteroatoms. The number of carboxylic acids is 1. The number of aromatic nitrogens is 2. The third-order valence-electron chi connectivity index (χ3n) is 5.28. The maximum atomic E-state index is 13.7. The second-order valence-electron chi connectivity index (χ2n) is 7.65. The first-order valence-electron chi connectivity index (χ1n) is 10.3. The number of benzene rings is 3. The van der Waals surface area contributed by atoms with Crippen molar-refractivity contribution < 1.29 is 32.4 Å². The van der Waals surface area contributed by atoms with Crippen molar-refractivity contribution in [3.8, 4) is 16.9 Å². The van der Waals surface area contributed by atoms with Crippen LogP contribution in [0, 0.1) is 15.9 Å². The van der Waals surface area contributed by atoms with Gasteiger partial charge in [0.1, 0.15) is 0 Å². The number of carboxylic acid groups (broad SMARTS) is 1. The Kier molecular flexibility index (Phi) is 6.43. The van der Waals surface area contributed by atoms with E-state index < -0.39 is 34.1 Å². The summed E-state index contributed by atoms with van der Waals surface area (Å²) in [6.45, 7) is 0.0689. The lowest BCUT2D eigenvalue weighted by atomic mass is 10.1. The van der Waals surface area contributed by atoms with E-state index in [-0.39, 0.29) is 17.8 Å². The number of carbonyl (C=O) groups is 1. The molecule has 1 heterocycles. The van der Waals surface area contributed by atoms with Gasteiger partial charge in [-0.15, -0.1) is 0 Å². The van der Waals surface area contributed by atoms with Crippen molar-refractivity contribution in [1.29, 1.82) is 0 Å². The molecule has 0 saturated heterocycles. The number of hydrogen-bond acceptors (Lipinski definition) is 5. The molecule has 0 radical (unpaired) electrons. The highest BCUT2D eigenvalue weighted by molar-refractivity contribution is 5.88. The Morgan fingerprint density at radius 3 is 2.31 bits per heavy atom. The Labute approximate surface area is 200 Å². The quantitative estimate of drug-likeness (QED) is 0.185. The molecule has 0 bridgehead atoms. The van der Waals surface area contributed by atoms with Crippen molar-refractivity contribution in [2.45, 2.75) is 12.7 Å². The number of nitrogens with zero attached hydrogens (tertiary/aromatic N) is 3. The lowest BCUT2D eigenvalue weighted by molar-refractivity contribution is -0.387. The van der Waals surface area contributed by atoms with Gasteiger partial charge in [-0.05, 0) is 48.5 Å². The lowest BCUT2D eigenvalue weighted by Gasteiger charge is -2.07. The van der Waals surface area contributed by atoms with E-state index in [1.54, 1.807) is 6.20 Å². The van der Waals surface area contributed by atoms with Crippen LogP contribution in [0.3, 0.4) is 0 Å². The minimum Gasteiger partial charge on any atom is -0.478 e. The van der Waals surface area contributed by atoms with Crippen LogP contribution < -0.4 is 5.32 Å². The van der Waals surface area contributed by atoms with Gasteiger partial charge in [0.25, 0.3) is 0 Å². The standard InChI is InChI=1S/C24H16F4N4O4/c25-20-10-7-18(11-21(20)32(35)36)29-12-16-13-31(19-8-5-17(6-9-19)24(26,27)28)30-22(16)14-1-3-15(4-2-14)23(33)34/h1-11,13,29H,12H2,(H,33,34). The number of rotatable bonds is 7. The summed E-state index contributed by atoms with van der Waals surface area (Å²) in [6.07, 6.45) is -2.93. The highest BCUT2D eigenvalue weighted by Gasteiger charge is 2.30. The zero-order chi connectivity index (χ0) is 26.0. The molecule has 0 amide bonds. The summed E-state index contributed by atoms with van der Waals surface area (Å²) in [4.78, 5) is 21.3. The van der Waals surface area contributed by atoms with Crippen LogP contribution in [0.2, 0.25) is 0 Å². The Bertz CT molecular complexity index is 1430.